The Morgan fingerprint density at radius 2 is 1.58 bits per heavy atom. The van der Waals surface area contributed by atoms with Gasteiger partial charge < -0.3 is 0 Å². The fraction of sp³-hybridized carbons (Fsp3) is 1.00. The molecule has 112 valence electrons. The second-order valence-corrected chi connectivity index (χ2v) is 8.55. The third kappa shape index (κ3) is 3.93. The van der Waals surface area contributed by atoms with E-state index in [1.54, 1.807) is 0 Å². The van der Waals surface area contributed by atoms with Crippen molar-refractivity contribution >= 4 is 11.8 Å². The Morgan fingerprint density at radius 3 is 2.11 bits per heavy atom. The molecule has 0 aromatic heterocycles. The van der Waals surface area contributed by atoms with Crippen molar-refractivity contribution in [1.82, 2.24) is 0 Å². The normalized spacial score (nSPS) is 39.5. The molecule has 0 aromatic rings. The zero-order chi connectivity index (χ0) is 13.8. The number of hydrogen-bond acceptors (Lipinski definition) is 1. The van der Waals surface area contributed by atoms with Gasteiger partial charge in [-0.15, -0.1) is 0 Å². The lowest BCUT2D eigenvalue weighted by molar-refractivity contribution is 0.107. The van der Waals surface area contributed by atoms with Crippen molar-refractivity contribution in [3.63, 3.8) is 0 Å². The fourth-order valence-corrected chi connectivity index (χ4v) is 6.29. The Kier molecular flexibility index (Phi) is 6.11. The van der Waals surface area contributed by atoms with Crippen molar-refractivity contribution in [2.75, 3.05) is 0 Å². The summed E-state index contributed by atoms with van der Waals surface area (Å²) in [5, 5.41) is 2.01. The number of rotatable bonds is 7. The van der Waals surface area contributed by atoms with E-state index in [-0.39, 0.29) is 0 Å². The maximum absolute atomic E-state index is 2.58. The van der Waals surface area contributed by atoms with Crippen molar-refractivity contribution in [2.45, 2.75) is 89.6 Å². The minimum absolute atomic E-state index is 0.956. The van der Waals surface area contributed by atoms with Crippen LogP contribution in [0.3, 0.4) is 0 Å². The molecule has 19 heavy (non-hydrogen) atoms. The van der Waals surface area contributed by atoms with Crippen molar-refractivity contribution in [2.24, 2.45) is 23.7 Å². The Bertz CT molecular complexity index is 256. The molecule has 0 spiro atoms. The van der Waals surface area contributed by atoms with Crippen LogP contribution >= 0.6 is 11.8 Å². The molecule has 5 unspecified atom stereocenters. The van der Waals surface area contributed by atoms with E-state index in [2.05, 4.69) is 39.5 Å². The molecule has 0 nitrogen and oxygen atoms in total. The van der Waals surface area contributed by atoms with Gasteiger partial charge in [0.15, 0.2) is 0 Å². The van der Waals surface area contributed by atoms with E-state index in [1.807, 2.05) is 0 Å². The largest absolute Gasteiger partial charge is 0.155 e. The summed E-state index contributed by atoms with van der Waals surface area (Å²) in [6.07, 6.45) is 11.7. The molecule has 2 saturated carbocycles. The molecule has 2 aliphatic rings. The molecule has 1 heteroatoms. The average molecular weight is 283 g/mol. The van der Waals surface area contributed by atoms with Crippen LogP contribution in [0.4, 0.5) is 0 Å². The van der Waals surface area contributed by atoms with Crippen molar-refractivity contribution in [3.05, 3.63) is 0 Å². The monoisotopic (exact) mass is 282 g/mol. The summed E-state index contributed by atoms with van der Waals surface area (Å²) in [5.41, 5.74) is 0. The van der Waals surface area contributed by atoms with E-state index < -0.39 is 0 Å². The molecule has 2 aliphatic carbocycles. The van der Waals surface area contributed by atoms with Gasteiger partial charge in [-0.1, -0.05) is 53.4 Å². The van der Waals surface area contributed by atoms with Crippen LogP contribution in [-0.4, -0.2) is 10.5 Å². The summed E-state index contributed by atoms with van der Waals surface area (Å²) in [6, 6.07) is 0. The van der Waals surface area contributed by atoms with Crippen LogP contribution in [0.5, 0.6) is 0 Å². The number of hydrogen-bond donors (Lipinski definition) is 0. The second-order valence-electron chi connectivity index (χ2n) is 7.06. The predicted molar refractivity (Wildman–Crippen MR) is 88.8 cm³/mol. The molecule has 0 bridgehead atoms. The van der Waals surface area contributed by atoms with Crippen molar-refractivity contribution < 1.29 is 0 Å². The highest BCUT2D eigenvalue weighted by molar-refractivity contribution is 8.00. The second kappa shape index (κ2) is 7.38. The predicted octanol–water partition coefficient (Wildman–Crippen LogP) is 6.15. The van der Waals surface area contributed by atoms with Crippen LogP contribution in [-0.2, 0) is 0 Å². The lowest BCUT2D eigenvalue weighted by Crippen LogP contribution is -2.41. The van der Waals surface area contributed by atoms with Gasteiger partial charge in [-0.3, -0.25) is 0 Å². The molecule has 2 rings (SSSR count). The van der Waals surface area contributed by atoms with Crippen LogP contribution in [0.25, 0.3) is 0 Å². The Labute approximate surface area is 125 Å². The van der Waals surface area contributed by atoms with Crippen molar-refractivity contribution in [1.29, 1.82) is 0 Å². The minimum atomic E-state index is 0.956. The molecule has 5 atom stereocenters. The van der Waals surface area contributed by atoms with Gasteiger partial charge in [0.25, 0.3) is 0 Å². The molecule has 0 aromatic carbocycles. The summed E-state index contributed by atoms with van der Waals surface area (Å²) in [7, 11) is 0. The minimum Gasteiger partial charge on any atom is -0.155 e. The van der Waals surface area contributed by atoms with Gasteiger partial charge in [0.1, 0.15) is 0 Å². The molecular weight excluding hydrogens is 248 g/mol. The van der Waals surface area contributed by atoms with E-state index in [1.165, 1.54) is 51.4 Å². The van der Waals surface area contributed by atoms with E-state index >= 15 is 0 Å². The first-order valence-electron chi connectivity index (χ1n) is 8.86. The number of thioether (sulfide) groups is 1. The van der Waals surface area contributed by atoms with E-state index in [4.69, 9.17) is 0 Å². The molecule has 2 fully saturated rings. The average Bonchev–Trinajstić information content (AvgIpc) is 3.19. The van der Waals surface area contributed by atoms with Gasteiger partial charge >= 0.3 is 0 Å². The van der Waals surface area contributed by atoms with Gasteiger partial charge in [-0.05, 0) is 49.4 Å². The molecule has 0 amide bonds. The van der Waals surface area contributed by atoms with E-state index in [0.29, 0.717) is 0 Å². The zero-order valence-electron chi connectivity index (χ0n) is 13.5. The van der Waals surface area contributed by atoms with Crippen LogP contribution in [0.15, 0.2) is 0 Å². The summed E-state index contributed by atoms with van der Waals surface area (Å²) in [4.78, 5) is 0. The van der Waals surface area contributed by atoms with Crippen LogP contribution < -0.4 is 0 Å². The quantitative estimate of drug-likeness (QED) is 0.539. The van der Waals surface area contributed by atoms with Gasteiger partial charge in [0.05, 0.1) is 0 Å². The first-order chi connectivity index (χ1) is 9.21. The molecule has 0 N–H and O–H groups in total. The molecule has 0 heterocycles. The Hall–Kier alpha value is 0.350. The lowest BCUT2D eigenvalue weighted by Gasteiger charge is -2.46. The van der Waals surface area contributed by atoms with Gasteiger partial charge in [-0.25, -0.2) is 0 Å². The summed E-state index contributed by atoms with van der Waals surface area (Å²) in [6.45, 7) is 9.77. The van der Waals surface area contributed by atoms with Crippen LogP contribution in [0.1, 0.15) is 79.1 Å². The van der Waals surface area contributed by atoms with Crippen LogP contribution in [0, 0.1) is 23.7 Å². The SMILES string of the molecule is CCCC1CC(CCC)C(SC2CC2)C(C)C1CC. The maximum atomic E-state index is 2.58. The third-order valence-electron chi connectivity index (χ3n) is 5.53. The third-order valence-corrected chi connectivity index (χ3v) is 7.52. The Balaban J connectivity index is 2.05. The summed E-state index contributed by atoms with van der Waals surface area (Å²) >= 11 is 2.38. The molecule has 0 aliphatic heterocycles. The highest BCUT2D eigenvalue weighted by atomic mass is 32.2. The lowest BCUT2D eigenvalue weighted by atomic mass is 9.65. The standard InChI is InChI=1S/C18H34S/c1-5-8-14-12-15(9-6-2)18(19-16-10-11-16)13(4)17(14)7-3/h13-18H,5-12H2,1-4H3. The Morgan fingerprint density at radius 1 is 0.947 bits per heavy atom. The molecule has 0 radical (unpaired) electrons. The van der Waals surface area contributed by atoms with Crippen molar-refractivity contribution in [3.8, 4) is 0 Å². The van der Waals surface area contributed by atoms with Gasteiger partial charge in [0, 0.05) is 10.5 Å². The highest BCUT2D eigenvalue weighted by Gasteiger charge is 2.43. The first-order valence-corrected chi connectivity index (χ1v) is 9.80. The topological polar surface area (TPSA) is 0 Å². The highest BCUT2D eigenvalue weighted by Crippen LogP contribution is 2.51. The fourth-order valence-electron chi connectivity index (χ4n) is 4.52. The zero-order valence-corrected chi connectivity index (χ0v) is 14.3. The maximum Gasteiger partial charge on any atom is 0.0107 e. The molecular formula is C18H34S. The van der Waals surface area contributed by atoms with Crippen LogP contribution in [0.2, 0.25) is 0 Å². The smallest absolute Gasteiger partial charge is 0.0107 e. The van der Waals surface area contributed by atoms with E-state index in [0.717, 1.165) is 34.2 Å². The molecule has 0 saturated heterocycles. The van der Waals surface area contributed by atoms with E-state index in [9.17, 15) is 0 Å². The van der Waals surface area contributed by atoms with Gasteiger partial charge in [0.2, 0.25) is 0 Å². The first kappa shape index (κ1) is 15.7. The summed E-state index contributed by atoms with van der Waals surface area (Å²) in [5.74, 6) is 4.00. The van der Waals surface area contributed by atoms with Gasteiger partial charge in [-0.2, -0.15) is 11.8 Å². The summed E-state index contributed by atoms with van der Waals surface area (Å²) < 4.78 is 0.